The van der Waals surface area contributed by atoms with E-state index in [2.05, 4.69) is 0 Å². The number of nitrogen functional groups attached to an aromatic ring is 1. The van der Waals surface area contributed by atoms with Crippen LogP contribution in [0.15, 0.2) is 23.1 Å². The van der Waals surface area contributed by atoms with Gasteiger partial charge in [0.05, 0.1) is 22.4 Å². The van der Waals surface area contributed by atoms with Crippen LogP contribution < -0.4 is 10.6 Å². The second kappa shape index (κ2) is 6.21. The Kier molecular flexibility index (Phi) is 4.75. The fourth-order valence-corrected chi connectivity index (χ4v) is 3.34. The van der Waals surface area contributed by atoms with Crippen molar-refractivity contribution in [3.63, 3.8) is 0 Å². The van der Waals surface area contributed by atoms with Crippen molar-refractivity contribution in [1.82, 2.24) is 4.31 Å². The first-order valence-corrected chi connectivity index (χ1v) is 8.41. The predicted molar refractivity (Wildman–Crippen MR) is 84.0 cm³/mol. The number of ether oxygens (including phenoxy) is 1. The zero-order valence-electron chi connectivity index (χ0n) is 12.7. The molecule has 0 aromatic heterocycles. The highest BCUT2D eigenvalue weighted by molar-refractivity contribution is 7.89. The number of benzene rings is 1. The molecular formula is C14H23N3O3S. The molecule has 6 nitrogen and oxygen atoms in total. The molecule has 0 saturated carbocycles. The lowest BCUT2D eigenvalue weighted by Crippen LogP contribution is -2.29. The molecule has 1 heterocycles. The molecule has 0 amide bonds. The number of hydrogen-bond donors (Lipinski definition) is 1. The predicted octanol–water partition coefficient (Wildman–Crippen LogP) is 1.13. The van der Waals surface area contributed by atoms with Gasteiger partial charge in [-0.1, -0.05) is 0 Å². The summed E-state index contributed by atoms with van der Waals surface area (Å²) in [7, 11) is 1.48. The monoisotopic (exact) mass is 313 g/mol. The number of rotatable bonds is 5. The van der Waals surface area contributed by atoms with E-state index in [1.807, 2.05) is 11.9 Å². The van der Waals surface area contributed by atoms with Crippen LogP contribution in [0.4, 0.5) is 11.4 Å². The molecule has 1 aromatic carbocycles. The lowest BCUT2D eigenvalue weighted by Gasteiger charge is -2.25. The molecule has 0 radical (unpaired) electrons. The van der Waals surface area contributed by atoms with E-state index in [1.165, 1.54) is 24.5 Å². The molecule has 1 aliphatic rings. The Morgan fingerprint density at radius 3 is 2.62 bits per heavy atom. The zero-order chi connectivity index (χ0) is 15.6. The molecule has 2 N–H and O–H groups in total. The third-order valence-corrected chi connectivity index (χ3v) is 5.50. The number of sulfonamides is 1. The van der Waals surface area contributed by atoms with Gasteiger partial charge in [0, 0.05) is 34.3 Å². The van der Waals surface area contributed by atoms with Gasteiger partial charge in [-0.15, -0.1) is 0 Å². The summed E-state index contributed by atoms with van der Waals surface area (Å²) in [6.45, 7) is 1.50. The first-order chi connectivity index (χ1) is 9.82. The fourth-order valence-electron chi connectivity index (χ4n) is 2.42. The minimum Gasteiger partial charge on any atom is -0.397 e. The summed E-state index contributed by atoms with van der Waals surface area (Å²) in [5, 5.41) is 0. The van der Waals surface area contributed by atoms with Gasteiger partial charge < -0.3 is 15.4 Å². The van der Waals surface area contributed by atoms with Crippen molar-refractivity contribution >= 4 is 21.4 Å². The van der Waals surface area contributed by atoms with E-state index in [9.17, 15) is 8.42 Å². The summed E-state index contributed by atoms with van der Waals surface area (Å²) >= 11 is 0. The number of hydrogen-bond acceptors (Lipinski definition) is 5. The number of nitrogens with zero attached hydrogens (tertiary/aromatic N) is 2. The summed E-state index contributed by atoms with van der Waals surface area (Å²) in [5.74, 6) is 0. The quantitative estimate of drug-likeness (QED) is 0.825. The largest absolute Gasteiger partial charge is 0.397 e. The van der Waals surface area contributed by atoms with Crippen molar-refractivity contribution in [2.75, 3.05) is 44.9 Å². The Hall–Kier alpha value is -1.31. The van der Waals surface area contributed by atoms with Gasteiger partial charge in [-0.25, -0.2) is 12.7 Å². The highest BCUT2D eigenvalue weighted by Crippen LogP contribution is 2.28. The van der Waals surface area contributed by atoms with Crippen molar-refractivity contribution in [3.05, 3.63) is 18.2 Å². The second-order valence-corrected chi connectivity index (χ2v) is 7.68. The third-order valence-electron chi connectivity index (χ3n) is 3.69. The lowest BCUT2D eigenvalue weighted by molar-refractivity contribution is 0.116. The van der Waals surface area contributed by atoms with Crippen molar-refractivity contribution < 1.29 is 13.2 Å². The molecule has 2 rings (SSSR count). The SMILES string of the molecule is CN(CC1CCCO1)c1cc(S(=O)(=O)N(C)C)ccc1N. The van der Waals surface area contributed by atoms with Gasteiger partial charge in [0.1, 0.15) is 0 Å². The Labute approximate surface area is 126 Å². The maximum Gasteiger partial charge on any atom is 0.242 e. The number of nitrogens with two attached hydrogens (primary N) is 1. The Morgan fingerprint density at radius 1 is 1.33 bits per heavy atom. The minimum absolute atomic E-state index is 0.184. The molecule has 1 saturated heterocycles. The van der Waals surface area contributed by atoms with Crippen molar-refractivity contribution in [2.24, 2.45) is 0 Å². The van der Waals surface area contributed by atoms with E-state index in [4.69, 9.17) is 10.5 Å². The van der Waals surface area contributed by atoms with Gasteiger partial charge in [0.15, 0.2) is 0 Å². The van der Waals surface area contributed by atoms with E-state index < -0.39 is 10.0 Å². The van der Waals surface area contributed by atoms with Crippen molar-refractivity contribution in [2.45, 2.75) is 23.8 Å². The molecule has 7 heteroatoms. The normalized spacial score (nSPS) is 19.1. The van der Waals surface area contributed by atoms with Gasteiger partial charge in [-0.3, -0.25) is 0 Å². The molecule has 1 aliphatic heterocycles. The van der Waals surface area contributed by atoms with Crippen LogP contribution in [0, 0.1) is 0 Å². The molecule has 1 unspecified atom stereocenters. The average molecular weight is 313 g/mol. The van der Waals surface area contributed by atoms with E-state index in [0.717, 1.165) is 19.4 Å². The fraction of sp³-hybridized carbons (Fsp3) is 0.571. The van der Waals surface area contributed by atoms with Gasteiger partial charge in [0.25, 0.3) is 0 Å². The average Bonchev–Trinajstić information content (AvgIpc) is 2.91. The van der Waals surface area contributed by atoms with Gasteiger partial charge in [-0.05, 0) is 31.0 Å². The van der Waals surface area contributed by atoms with Crippen molar-refractivity contribution in [1.29, 1.82) is 0 Å². The molecule has 118 valence electrons. The molecule has 0 bridgehead atoms. The maximum absolute atomic E-state index is 12.2. The van der Waals surface area contributed by atoms with Crippen LogP contribution in [0.25, 0.3) is 0 Å². The molecule has 0 spiro atoms. The minimum atomic E-state index is -3.46. The van der Waals surface area contributed by atoms with Crippen molar-refractivity contribution in [3.8, 4) is 0 Å². The van der Waals surface area contributed by atoms with Gasteiger partial charge in [0.2, 0.25) is 10.0 Å². The van der Waals surface area contributed by atoms with Crippen LogP contribution >= 0.6 is 0 Å². The summed E-state index contributed by atoms with van der Waals surface area (Å²) < 4.78 is 31.2. The van der Waals surface area contributed by atoms with Crippen LogP contribution in [0.3, 0.4) is 0 Å². The van der Waals surface area contributed by atoms with E-state index in [1.54, 1.807) is 12.1 Å². The topological polar surface area (TPSA) is 75.9 Å². The first-order valence-electron chi connectivity index (χ1n) is 6.97. The lowest BCUT2D eigenvalue weighted by atomic mass is 10.2. The summed E-state index contributed by atoms with van der Waals surface area (Å²) in [5.41, 5.74) is 7.27. The van der Waals surface area contributed by atoms with E-state index in [0.29, 0.717) is 17.9 Å². The molecule has 21 heavy (non-hydrogen) atoms. The van der Waals surface area contributed by atoms with E-state index in [-0.39, 0.29) is 11.0 Å². The van der Waals surface area contributed by atoms with Crippen LogP contribution in [0.2, 0.25) is 0 Å². The second-order valence-electron chi connectivity index (χ2n) is 5.52. The Morgan fingerprint density at radius 2 is 2.05 bits per heavy atom. The summed E-state index contributed by atoms with van der Waals surface area (Å²) in [4.78, 5) is 2.20. The van der Waals surface area contributed by atoms with Crippen LogP contribution in [0.1, 0.15) is 12.8 Å². The Bertz CT molecular complexity index is 595. The molecule has 0 aliphatic carbocycles. The Balaban J connectivity index is 2.26. The van der Waals surface area contributed by atoms with Crippen LogP contribution in [0.5, 0.6) is 0 Å². The molecule has 1 atom stereocenters. The van der Waals surface area contributed by atoms with Gasteiger partial charge in [-0.2, -0.15) is 0 Å². The zero-order valence-corrected chi connectivity index (χ0v) is 13.6. The molecule has 1 aromatic rings. The van der Waals surface area contributed by atoms with Gasteiger partial charge >= 0.3 is 0 Å². The molecule has 1 fully saturated rings. The third kappa shape index (κ3) is 3.48. The summed E-state index contributed by atoms with van der Waals surface area (Å²) in [6.07, 6.45) is 2.28. The first kappa shape index (κ1) is 16.1. The standard InChI is InChI=1S/C14H23N3O3S/c1-16(2)21(18,19)12-6-7-13(15)14(9-12)17(3)10-11-5-4-8-20-11/h6-7,9,11H,4-5,8,10,15H2,1-3H3. The number of likely N-dealkylation sites (N-methyl/N-ethyl adjacent to an activating group) is 1. The number of anilines is 2. The maximum atomic E-state index is 12.2. The smallest absolute Gasteiger partial charge is 0.242 e. The highest BCUT2D eigenvalue weighted by Gasteiger charge is 2.22. The van der Waals surface area contributed by atoms with Crippen LogP contribution in [-0.2, 0) is 14.8 Å². The van der Waals surface area contributed by atoms with E-state index >= 15 is 0 Å². The molecular weight excluding hydrogens is 290 g/mol. The highest BCUT2D eigenvalue weighted by atomic mass is 32.2. The summed E-state index contributed by atoms with van der Waals surface area (Å²) in [6, 6.07) is 4.80. The van der Waals surface area contributed by atoms with Crippen LogP contribution in [-0.4, -0.2) is 53.1 Å².